The number of aliphatic carboxylic acids is 1. The lowest BCUT2D eigenvalue weighted by molar-refractivity contribution is -0.143. The Kier molecular flexibility index (Phi) is 4.31. The van der Waals surface area contributed by atoms with Crippen molar-refractivity contribution in [2.24, 2.45) is 0 Å². The molecule has 0 bridgehead atoms. The van der Waals surface area contributed by atoms with Gasteiger partial charge in [0.2, 0.25) is 0 Å². The number of carboxylic acid groups (broad SMARTS) is 1. The van der Waals surface area contributed by atoms with Crippen LogP contribution < -0.4 is 5.32 Å². The smallest absolute Gasteiger partial charge is 0.330 e. The van der Waals surface area contributed by atoms with Crippen molar-refractivity contribution in [3.05, 3.63) is 41.3 Å². The molecule has 0 radical (unpaired) electrons. The topological polar surface area (TPSA) is 97.1 Å². The van der Waals surface area contributed by atoms with E-state index in [1.165, 1.54) is 18.0 Å². The zero-order valence-corrected chi connectivity index (χ0v) is 14.3. The van der Waals surface area contributed by atoms with E-state index in [9.17, 15) is 14.7 Å². The molecule has 24 heavy (non-hydrogen) atoms. The van der Waals surface area contributed by atoms with Crippen molar-refractivity contribution in [1.82, 2.24) is 20.1 Å². The summed E-state index contributed by atoms with van der Waals surface area (Å²) in [6.07, 6.45) is 1.87. The van der Waals surface area contributed by atoms with Gasteiger partial charge in [0, 0.05) is 17.6 Å². The Morgan fingerprint density at radius 3 is 2.67 bits per heavy atom. The summed E-state index contributed by atoms with van der Waals surface area (Å²) < 4.78 is 1.70. The molecule has 1 fully saturated rings. The first-order valence-electron chi connectivity index (χ1n) is 7.55. The van der Waals surface area contributed by atoms with Gasteiger partial charge < -0.3 is 10.4 Å². The van der Waals surface area contributed by atoms with E-state index >= 15 is 0 Å². The summed E-state index contributed by atoms with van der Waals surface area (Å²) in [6.45, 7) is 3.83. The third-order valence-electron chi connectivity index (χ3n) is 4.02. The number of carbonyl (C=O) groups excluding carboxylic acids is 1. The van der Waals surface area contributed by atoms with Gasteiger partial charge in [-0.15, -0.1) is 0 Å². The van der Waals surface area contributed by atoms with Crippen molar-refractivity contribution in [3.63, 3.8) is 0 Å². The van der Waals surface area contributed by atoms with Crippen molar-refractivity contribution >= 4 is 23.6 Å². The van der Waals surface area contributed by atoms with Crippen molar-refractivity contribution in [2.75, 3.05) is 11.5 Å². The van der Waals surface area contributed by atoms with E-state index < -0.39 is 17.4 Å². The Morgan fingerprint density at radius 1 is 1.38 bits per heavy atom. The maximum atomic E-state index is 12.4. The number of nitrogens with one attached hydrogen (secondary N) is 1. The first kappa shape index (κ1) is 16.5. The van der Waals surface area contributed by atoms with Gasteiger partial charge in [-0.2, -0.15) is 16.9 Å². The molecule has 1 aliphatic heterocycles. The van der Waals surface area contributed by atoms with Gasteiger partial charge in [0.25, 0.3) is 5.91 Å². The highest BCUT2D eigenvalue weighted by Gasteiger charge is 2.43. The highest BCUT2D eigenvalue weighted by Crippen LogP contribution is 2.28. The number of rotatable bonds is 4. The van der Waals surface area contributed by atoms with Crippen LogP contribution in [0, 0.1) is 13.8 Å². The lowest BCUT2D eigenvalue weighted by Gasteiger charge is -2.24. The Bertz CT molecular complexity index is 779. The van der Waals surface area contributed by atoms with Crippen LogP contribution in [0.2, 0.25) is 0 Å². The molecule has 0 aliphatic carbocycles. The molecule has 126 valence electrons. The number of thioether (sulfide) groups is 1. The zero-order valence-electron chi connectivity index (χ0n) is 13.4. The molecule has 1 saturated heterocycles. The minimum Gasteiger partial charge on any atom is -0.479 e. The van der Waals surface area contributed by atoms with Crippen LogP contribution in [0.15, 0.2) is 24.4 Å². The molecule has 2 N–H and O–H groups in total. The largest absolute Gasteiger partial charge is 0.479 e. The maximum absolute atomic E-state index is 12.4. The number of aromatic nitrogens is 3. The van der Waals surface area contributed by atoms with Crippen LogP contribution in [-0.4, -0.2) is 48.8 Å². The predicted octanol–water partition coefficient (Wildman–Crippen LogP) is 1.57. The molecule has 2 aromatic rings. The molecule has 1 unspecified atom stereocenters. The van der Waals surface area contributed by atoms with Crippen molar-refractivity contribution in [2.45, 2.75) is 25.8 Å². The summed E-state index contributed by atoms with van der Waals surface area (Å²) in [5.74, 6) is 0.300. The summed E-state index contributed by atoms with van der Waals surface area (Å²) in [5, 5.41) is 16.4. The van der Waals surface area contributed by atoms with Gasteiger partial charge in [-0.05, 0) is 44.2 Å². The zero-order chi connectivity index (χ0) is 17.3. The van der Waals surface area contributed by atoms with Crippen LogP contribution >= 0.6 is 11.8 Å². The van der Waals surface area contributed by atoms with Gasteiger partial charge in [-0.25, -0.2) is 14.5 Å². The van der Waals surface area contributed by atoms with Crippen molar-refractivity contribution in [3.8, 4) is 5.82 Å². The summed E-state index contributed by atoms with van der Waals surface area (Å²) in [5.41, 5.74) is 0.983. The van der Waals surface area contributed by atoms with Crippen LogP contribution in [0.3, 0.4) is 0 Å². The quantitative estimate of drug-likeness (QED) is 0.872. The van der Waals surface area contributed by atoms with Gasteiger partial charge in [-0.1, -0.05) is 0 Å². The van der Waals surface area contributed by atoms with E-state index in [0.29, 0.717) is 23.6 Å². The normalized spacial score (nSPS) is 20.1. The highest BCUT2D eigenvalue weighted by molar-refractivity contribution is 7.99. The van der Waals surface area contributed by atoms with Crippen LogP contribution in [0.4, 0.5) is 0 Å². The van der Waals surface area contributed by atoms with E-state index in [1.54, 1.807) is 16.8 Å². The number of hydrogen-bond donors (Lipinski definition) is 2. The van der Waals surface area contributed by atoms with Crippen LogP contribution in [0.5, 0.6) is 0 Å². The summed E-state index contributed by atoms with van der Waals surface area (Å²) >= 11 is 1.53. The molecular weight excluding hydrogens is 328 g/mol. The molecule has 2 aromatic heterocycles. The van der Waals surface area contributed by atoms with Crippen LogP contribution in [0.1, 0.15) is 28.2 Å². The fraction of sp³-hybridized carbons (Fsp3) is 0.375. The monoisotopic (exact) mass is 346 g/mol. The molecule has 0 spiro atoms. The molecule has 3 heterocycles. The molecule has 0 saturated carbocycles. The van der Waals surface area contributed by atoms with Crippen LogP contribution in [0.25, 0.3) is 5.82 Å². The Labute approximate surface area is 143 Å². The Balaban J connectivity index is 1.79. The molecule has 1 atom stereocenters. The molecule has 3 rings (SSSR count). The number of pyridine rings is 1. The van der Waals surface area contributed by atoms with Gasteiger partial charge >= 0.3 is 5.97 Å². The van der Waals surface area contributed by atoms with E-state index in [2.05, 4.69) is 15.4 Å². The number of amides is 1. The van der Waals surface area contributed by atoms with Crippen LogP contribution in [-0.2, 0) is 4.79 Å². The SMILES string of the molecule is Cc1cc(C)n(-c2ccc(C(=O)NC3(C(=O)O)CCSC3)cn2)n1. The minimum atomic E-state index is -1.18. The molecule has 1 amide bonds. The summed E-state index contributed by atoms with van der Waals surface area (Å²) in [7, 11) is 0. The molecular formula is C16H18N4O3S. The van der Waals surface area contributed by atoms with Gasteiger partial charge in [-0.3, -0.25) is 4.79 Å². The second-order valence-electron chi connectivity index (χ2n) is 5.89. The molecule has 1 aliphatic rings. The van der Waals surface area contributed by atoms with E-state index in [1.807, 2.05) is 19.9 Å². The fourth-order valence-corrected chi connectivity index (χ4v) is 4.01. The predicted molar refractivity (Wildman–Crippen MR) is 90.6 cm³/mol. The van der Waals surface area contributed by atoms with Crippen molar-refractivity contribution in [1.29, 1.82) is 0 Å². The van der Waals surface area contributed by atoms with Gasteiger partial charge in [0.15, 0.2) is 5.82 Å². The number of nitrogens with zero attached hydrogens (tertiary/aromatic N) is 3. The lowest BCUT2D eigenvalue weighted by atomic mass is 9.98. The molecule has 0 aromatic carbocycles. The lowest BCUT2D eigenvalue weighted by Crippen LogP contribution is -2.54. The Hall–Kier alpha value is -2.35. The maximum Gasteiger partial charge on any atom is 0.330 e. The van der Waals surface area contributed by atoms with Crippen molar-refractivity contribution < 1.29 is 14.7 Å². The second-order valence-corrected chi connectivity index (χ2v) is 6.99. The number of aryl methyl sites for hydroxylation is 2. The summed E-state index contributed by atoms with van der Waals surface area (Å²) in [4.78, 5) is 28.2. The van der Waals surface area contributed by atoms with Gasteiger partial charge in [0.05, 0.1) is 11.3 Å². The molecule has 8 heteroatoms. The van der Waals surface area contributed by atoms with E-state index in [0.717, 1.165) is 17.1 Å². The number of hydrogen-bond acceptors (Lipinski definition) is 5. The van der Waals surface area contributed by atoms with Gasteiger partial charge in [0.1, 0.15) is 5.54 Å². The number of carbonyl (C=O) groups is 2. The average Bonchev–Trinajstić information content (AvgIpc) is 3.15. The third-order valence-corrected chi connectivity index (χ3v) is 5.21. The third kappa shape index (κ3) is 3.01. The summed E-state index contributed by atoms with van der Waals surface area (Å²) in [6, 6.07) is 5.27. The minimum absolute atomic E-state index is 0.331. The van der Waals surface area contributed by atoms with E-state index in [-0.39, 0.29) is 0 Å². The average molecular weight is 346 g/mol. The van der Waals surface area contributed by atoms with E-state index in [4.69, 9.17) is 0 Å². The molecule has 7 nitrogen and oxygen atoms in total. The number of carboxylic acids is 1. The standard InChI is InChI=1S/C16H18N4O3S/c1-10-7-11(2)20(19-10)13-4-3-12(8-17-13)14(21)18-16(15(22)23)5-6-24-9-16/h3-4,7-8H,5-6,9H2,1-2H3,(H,18,21)(H,22,23). The second kappa shape index (κ2) is 6.27. The highest BCUT2D eigenvalue weighted by atomic mass is 32.2. The first-order chi connectivity index (χ1) is 11.4. The Morgan fingerprint density at radius 2 is 2.17 bits per heavy atom. The first-order valence-corrected chi connectivity index (χ1v) is 8.70. The fourth-order valence-electron chi connectivity index (χ4n) is 2.68.